The predicted octanol–water partition coefficient (Wildman–Crippen LogP) is 4.74. The zero-order valence-corrected chi connectivity index (χ0v) is 11.7. The summed E-state index contributed by atoms with van der Waals surface area (Å²) in [5.41, 5.74) is 0.293. The van der Waals surface area contributed by atoms with Gasteiger partial charge in [0, 0.05) is 0 Å². The Bertz CT molecular complexity index is 694. The Morgan fingerprint density at radius 2 is 1.80 bits per heavy atom. The van der Waals surface area contributed by atoms with Crippen molar-refractivity contribution < 1.29 is 9.53 Å². The molecule has 0 spiro atoms. The summed E-state index contributed by atoms with van der Waals surface area (Å²) >= 11 is 0. The summed E-state index contributed by atoms with van der Waals surface area (Å²) in [5.74, 6) is 0. The maximum Gasteiger partial charge on any atom is 0.411 e. The first-order valence-electron chi connectivity index (χ1n) is 6.29. The van der Waals surface area contributed by atoms with Gasteiger partial charge in [-0.05, 0) is 43.7 Å². The second kappa shape index (κ2) is 5.22. The molecule has 102 valence electrons. The summed E-state index contributed by atoms with van der Waals surface area (Å²) in [4.78, 5) is 15.2. The highest BCUT2D eigenvalue weighted by molar-refractivity contribution is 5.97. The molecular formula is C16H16N2O2. The van der Waals surface area contributed by atoms with E-state index in [1.54, 1.807) is 32.9 Å². The molecule has 2 rings (SSSR count). The van der Waals surface area contributed by atoms with Crippen LogP contribution in [-0.2, 0) is 4.74 Å². The maximum absolute atomic E-state index is 11.8. The molecule has 0 aromatic heterocycles. The summed E-state index contributed by atoms with van der Waals surface area (Å²) in [5, 5.41) is 4.57. The minimum absolute atomic E-state index is 0.398. The number of hydrogen-bond acceptors (Lipinski definition) is 2. The smallest absolute Gasteiger partial charge is 0.411 e. The number of amides is 1. The first kappa shape index (κ1) is 13.9. The van der Waals surface area contributed by atoms with E-state index in [0.29, 0.717) is 11.4 Å². The molecular weight excluding hydrogens is 252 g/mol. The van der Waals surface area contributed by atoms with E-state index >= 15 is 0 Å². The zero-order valence-electron chi connectivity index (χ0n) is 11.7. The average molecular weight is 268 g/mol. The molecule has 20 heavy (non-hydrogen) atoms. The molecule has 0 atom stereocenters. The van der Waals surface area contributed by atoms with Gasteiger partial charge in [0.15, 0.2) is 0 Å². The molecule has 2 aromatic carbocycles. The van der Waals surface area contributed by atoms with Gasteiger partial charge in [-0.3, -0.25) is 0 Å². The van der Waals surface area contributed by atoms with Crippen molar-refractivity contribution in [1.29, 1.82) is 0 Å². The second-order valence-electron chi connectivity index (χ2n) is 5.46. The van der Waals surface area contributed by atoms with Gasteiger partial charge in [-0.2, -0.15) is 0 Å². The van der Waals surface area contributed by atoms with Gasteiger partial charge in [0.2, 0.25) is 5.69 Å². The fraction of sp³-hybridized carbons (Fsp3) is 0.250. The van der Waals surface area contributed by atoms with Crippen LogP contribution in [0.5, 0.6) is 0 Å². The van der Waals surface area contributed by atoms with Crippen molar-refractivity contribution in [3.8, 4) is 0 Å². The Kier molecular flexibility index (Phi) is 3.62. The lowest BCUT2D eigenvalue weighted by Gasteiger charge is -2.20. The number of nitrogens with one attached hydrogen (secondary N) is 1. The molecule has 0 bridgehead atoms. The van der Waals surface area contributed by atoms with Crippen LogP contribution < -0.4 is 5.32 Å². The van der Waals surface area contributed by atoms with Gasteiger partial charge in [-0.25, -0.2) is 9.64 Å². The lowest BCUT2D eigenvalue weighted by atomic mass is 10.1. The molecule has 0 saturated heterocycles. The Morgan fingerprint density at radius 1 is 1.20 bits per heavy atom. The van der Waals surface area contributed by atoms with Crippen molar-refractivity contribution in [3.63, 3.8) is 0 Å². The van der Waals surface area contributed by atoms with Crippen molar-refractivity contribution in [1.82, 2.24) is 0 Å². The normalized spacial score (nSPS) is 10.9. The van der Waals surface area contributed by atoms with E-state index in [1.165, 1.54) is 0 Å². The molecule has 0 heterocycles. The highest BCUT2D eigenvalue weighted by Gasteiger charge is 2.17. The molecule has 0 aliphatic rings. The molecule has 0 aliphatic heterocycles. The molecule has 1 N–H and O–H groups in total. The van der Waals surface area contributed by atoms with E-state index in [9.17, 15) is 4.79 Å². The monoisotopic (exact) mass is 268 g/mol. The summed E-state index contributed by atoms with van der Waals surface area (Å²) < 4.78 is 5.20. The van der Waals surface area contributed by atoms with Crippen LogP contribution in [0.2, 0.25) is 0 Å². The minimum Gasteiger partial charge on any atom is -0.444 e. The number of benzene rings is 2. The van der Waals surface area contributed by atoms with Crippen LogP contribution in [0.4, 0.5) is 16.2 Å². The predicted molar refractivity (Wildman–Crippen MR) is 80.1 cm³/mol. The fourth-order valence-corrected chi connectivity index (χ4v) is 1.83. The summed E-state index contributed by atoms with van der Waals surface area (Å²) in [6, 6.07) is 11.2. The Labute approximate surface area is 118 Å². The number of fused-ring (bicyclic) bond motifs is 1. The standard InChI is InChI=1S/C16H16N2O2/c1-16(2,3)20-15(19)18-14-10-12-8-6-5-7-11(12)9-13(14)17-4/h5-10H,1-3H3,(H,18,19). The summed E-state index contributed by atoms with van der Waals surface area (Å²) in [6.45, 7) is 12.6. The van der Waals surface area contributed by atoms with Crippen molar-refractivity contribution in [2.45, 2.75) is 26.4 Å². The topological polar surface area (TPSA) is 42.7 Å². The van der Waals surface area contributed by atoms with E-state index in [0.717, 1.165) is 10.8 Å². The van der Waals surface area contributed by atoms with E-state index in [-0.39, 0.29) is 0 Å². The second-order valence-corrected chi connectivity index (χ2v) is 5.46. The number of anilines is 1. The quantitative estimate of drug-likeness (QED) is 0.759. The zero-order chi connectivity index (χ0) is 14.8. The van der Waals surface area contributed by atoms with Gasteiger partial charge in [0.05, 0.1) is 12.3 Å². The Balaban J connectivity index is 2.34. The van der Waals surface area contributed by atoms with Gasteiger partial charge >= 0.3 is 6.09 Å². The molecule has 0 aliphatic carbocycles. The number of nitrogens with zero attached hydrogens (tertiary/aromatic N) is 1. The van der Waals surface area contributed by atoms with Crippen LogP contribution in [0.3, 0.4) is 0 Å². The SMILES string of the molecule is [C-]#[N+]c1cc2ccccc2cc1NC(=O)OC(C)(C)C. The minimum atomic E-state index is -0.570. The van der Waals surface area contributed by atoms with Crippen LogP contribution in [-0.4, -0.2) is 11.7 Å². The molecule has 4 nitrogen and oxygen atoms in total. The van der Waals surface area contributed by atoms with Gasteiger partial charge in [-0.1, -0.05) is 24.3 Å². The van der Waals surface area contributed by atoms with Gasteiger partial charge in [-0.15, -0.1) is 0 Å². The third-order valence-electron chi connectivity index (χ3n) is 2.62. The van der Waals surface area contributed by atoms with Crippen LogP contribution in [0, 0.1) is 6.57 Å². The average Bonchev–Trinajstić information content (AvgIpc) is 2.35. The number of ether oxygens (including phenoxy) is 1. The lowest BCUT2D eigenvalue weighted by molar-refractivity contribution is 0.0636. The van der Waals surface area contributed by atoms with Crippen LogP contribution >= 0.6 is 0 Å². The van der Waals surface area contributed by atoms with E-state index in [2.05, 4.69) is 10.2 Å². The van der Waals surface area contributed by atoms with E-state index < -0.39 is 11.7 Å². The Hall–Kier alpha value is -2.54. The molecule has 4 heteroatoms. The largest absolute Gasteiger partial charge is 0.444 e. The van der Waals surface area contributed by atoms with Gasteiger partial charge in [0.25, 0.3) is 0 Å². The first-order valence-corrected chi connectivity index (χ1v) is 6.29. The van der Waals surface area contributed by atoms with Crippen LogP contribution in [0.15, 0.2) is 36.4 Å². The molecule has 0 unspecified atom stereocenters. The van der Waals surface area contributed by atoms with Crippen LogP contribution in [0.1, 0.15) is 20.8 Å². The third-order valence-corrected chi connectivity index (χ3v) is 2.62. The van der Waals surface area contributed by atoms with Crippen molar-refractivity contribution in [3.05, 3.63) is 47.8 Å². The number of rotatable bonds is 1. The first-order chi connectivity index (χ1) is 9.39. The van der Waals surface area contributed by atoms with Crippen molar-refractivity contribution in [2.24, 2.45) is 0 Å². The van der Waals surface area contributed by atoms with Gasteiger partial charge in [0.1, 0.15) is 5.60 Å². The molecule has 0 saturated carbocycles. The van der Waals surface area contributed by atoms with Crippen molar-refractivity contribution >= 4 is 28.2 Å². The number of carbonyl (C=O) groups is 1. The third kappa shape index (κ3) is 3.27. The highest BCUT2D eigenvalue weighted by atomic mass is 16.6. The lowest BCUT2D eigenvalue weighted by Crippen LogP contribution is -2.27. The van der Waals surface area contributed by atoms with E-state index in [1.807, 2.05) is 24.3 Å². The molecule has 1 amide bonds. The summed E-state index contributed by atoms with van der Waals surface area (Å²) in [7, 11) is 0. The molecule has 2 aromatic rings. The van der Waals surface area contributed by atoms with Gasteiger partial charge < -0.3 is 10.1 Å². The number of hydrogen-bond donors (Lipinski definition) is 1. The van der Waals surface area contributed by atoms with Crippen LogP contribution in [0.25, 0.3) is 15.6 Å². The Morgan fingerprint density at radius 3 is 2.35 bits per heavy atom. The van der Waals surface area contributed by atoms with E-state index in [4.69, 9.17) is 11.3 Å². The summed E-state index contributed by atoms with van der Waals surface area (Å²) in [6.07, 6.45) is -0.558. The fourth-order valence-electron chi connectivity index (χ4n) is 1.83. The van der Waals surface area contributed by atoms with Crippen molar-refractivity contribution in [2.75, 3.05) is 5.32 Å². The maximum atomic E-state index is 11.8. The number of carbonyl (C=O) groups excluding carboxylic acids is 1. The molecule has 0 fully saturated rings. The highest BCUT2D eigenvalue weighted by Crippen LogP contribution is 2.31. The molecule has 0 radical (unpaired) electrons.